The highest BCUT2D eigenvalue weighted by atomic mass is 32.3. The van der Waals surface area contributed by atoms with Gasteiger partial charge in [-0.25, -0.2) is 16.8 Å². The van der Waals surface area contributed by atoms with Crippen molar-refractivity contribution in [3.63, 3.8) is 0 Å². The first kappa shape index (κ1) is 28.3. The van der Waals surface area contributed by atoms with Gasteiger partial charge in [-0.2, -0.15) is 0 Å². The molecule has 172 valence electrons. The Balaban J connectivity index is 4.27. The molecule has 0 aromatic rings. The number of hydrogen-bond donors (Lipinski definition) is 0. The minimum absolute atomic E-state index is 0.280. The van der Waals surface area contributed by atoms with Crippen molar-refractivity contribution in [2.45, 2.75) is 117 Å². The topological polar surface area (TPSA) is 105 Å². The molecule has 0 fully saturated rings. The average Bonchev–Trinajstić information content (AvgIpc) is 2.66. The van der Waals surface area contributed by atoms with E-state index in [0.717, 1.165) is 51.4 Å². The van der Waals surface area contributed by atoms with E-state index in [9.17, 15) is 16.8 Å². The Morgan fingerprint density at radius 3 is 1.10 bits per heavy atom. The van der Waals surface area contributed by atoms with Crippen LogP contribution in [-0.2, 0) is 19.7 Å². The predicted octanol–water partition coefficient (Wildman–Crippen LogP) is 5.68. The summed E-state index contributed by atoms with van der Waals surface area (Å²) >= 11 is 0. The van der Waals surface area contributed by atoms with E-state index in [-0.39, 0.29) is 11.5 Å². The highest BCUT2D eigenvalue weighted by Gasteiger charge is 2.40. The zero-order valence-corrected chi connectivity index (χ0v) is 20.2. The van der Waals surface area contributed by atoms with Gasteiger partial charge >= 0.3 is 4.38 Å². The molecule has 0 aliphatic heterocycles. The first-order valence-electron chi connectivity index (χ1n) is 11.5. The monoisotopic (exact) mass is 450 g/mol. The quantitative estimate of drug-likeness (QED) is 0.0880. The van der Waals surface area contributed by atoms with Crippen LogP contribution >= 0.6 is 0 Å². The van der Waals surface area contributed by atoms with E-state index < -0.39 is 24.1 Å². The number of hydrogen-bond acceptors (Lipinski definition) is 4. The summed E-state index contributed by atoms with van der Waals surface area (Å²) in [5.41, 5.74) is 9.07. The fourth-order valence-electron chi connectivity index (χ4n) is 3.34. The lowest BCUT2D eigenvalue weighted by molar-refractivity contribution is 0.00380. The van der Waals surface area contributed by atoms with E-state index in [4.69, 9.17) is 5.53 Å². The van der Waals surface area contributed by atoms with Gasteiger partial charge in [0, 0.05) is 0 Å². The molecule has 29 heavy (non-hydrogen) atoms. The smallest absolute Gasteiger partial charge is 0.359 e. The summed E-state index contributed by atoms with van der Waals surface area (Å²) in [6.07, 6.45) is 15.8. The van der Waals surface area contributed by atoms with Gasteiger partial charge in [0.1, 0.15) is 0 Å². The lowest BCUT2D eigenvalue weighted by Gasteiger charge is -2.04. The first-order valence-corrected chi connectivity index (χ1v) is 14.8. The molecule has 6 nitrogen and oxygen atoms in total. The molecule has 8 heteroatoms. The molecule has 0 heterocycles. The molecule has 0 aromatic heterocycles. The molecule has 0 saturated carbocycles. The number of unbranched alkanes of at least 4 members (excludes halogenated alkanes) is 14. The lowest BCUT2D eigenvalue weighted by atomic mass is 10.1. The van der Waals surface area contributed by atoms with Gasteiger partial charge in [0.2, 0.25) is 0 Å². The van der Waals surface area contributed by atoms with Crippen molar-refractivity contribution in [1.82, 2.24) is 0 Å². The molecule has 0 saturated heterocycles. The summed E-state index contributed by atoms with van der Waals surface area (Å²) in [5, 5.41) is 0. The van der Waals surface area contributed by atoms with Crippen molar-refractivity contribution in [1.29, 1.82) is 0 Å². The van der Waals surface area contributed by atoms with Crippen molar-refractivity contribution < 1.29 is 21.6 Å². The Hall–Kier alpha value is -0.720. The molecular weight excluding hydrogens is 408 g/mol. The second-order valence-corrected chi connectivity index (χ2v) is 12.3. The third-order valence-corrected chi connectivity index (χ3v) is 9.55. The standard InChI is InChI=1S/C21H42N2O4S2/c1-3-5-7-9-11-13-15-17-19-28(24,25)21(23-22)29(26,27)20-18-16-14-12-10-8-6-4-2/h3-20H2,1-2H3. The molecule has 0 amide bonds. The van der Waals surface area contributed by atoms with Gasteiger partial charge in [0.25, 0.3) is 19.7 Å². The van der Waals surface area contributed by atoms with Gasteiger partial charge in [-0.15, -0.1) is 4.79 Å². The SMILES string of the molecule is CCCCCCCCCCS(=O)(=O)C(=[N+]=[N-])S(=O)(=O)CCCCCCCCCC. The zero-order valence-electron chi connectivity index (χ0n) is 18.6. The van der Waals surface area contributed by atoms with Crippen molar-refractivity contribution >= 4 is 24.1 Å². The Labute approximate surface area is 179 Å². The Morgan fingerprint density at radius 2 is 0.828 bits per heavy atom. The maximum Gasteiger partial charge on any atom is 0.495 e. The maximum absolute atomic E-state index is 12.3. The summed E-state index contributed by atoms with van der Waals surface area (Å²) < 4.78 is 48.3. The summed E-state index contributed by atoms with van der Waals surface area (Å²) in [4.78, 5) is 2.67. The van der Waals surface area contributed by atoms with E-state index in [0.29, 0.717) is 12.8 Å². The normalized spacial score (nSPS) is 12.1. The number of rotatable bonds is 18. The highest BCUT2D eigenvalue weighted by molar-refractivity contribution is 8.31. The van der Waals surface area contributed by atoms with Crippen LogP contribution in [0.1, 0.15) is 117 Å². The van der Waals surface area contributed by atoms with Crippen LogP contribution in [0, 0.1) is 0 Å². The summed E-state index contributed by atoms with van der Waals surface area (Å²) in [6, 6.07) is 0. The van der Waals surface area contributed by atoms with Crippen molar-refractivity contribution in [3.8, 4) is 0 Å². The first-order chi connectivity index (χ1) is 13.8. The summed E-state index contributed by atoms with van der Waals surface area (Å²) in [5.74, 6) is -0.560. The molecule has 0 spiro atoms. The van der Waals surface area contributed by atoms with E-state index in [1.54, 1.807) is 0 Å². The second kappa shape index (κ2) is 17.0. The van der Waals surface area contributed by atoms with Crippen LogP contribution in [0.3, 0.4) is 0 Å². The highest BCUT2D eigenvalue weighted by Crippen LogP contribution is 2.13. The third kappa shape index (κ3) is 14.0. The van der Waals surface area contributed by atoms with E-state index >= 15 is 0 Å². The second-order valence-electron chi connectivity index (χ2n) is 7.95. The van der Waals surface area contributed by atoms with E-state index in [1.807, 2.05) is 0 Å². The van der Waals surface area contributed by atoms with Crippen LogP contribution in [0.5, 0.6) is 0 Å². The van der Waals surface area contributed by atoms with Crippen molar-refractivity contribution in [2.24, 2.45) is 0 Å². The molecule has 0 rings (SSSR count). The zero-order chi connectivity index (χ0) is 22.0. The largest absolute Gasteiger partial charge is 0.495 e. The molecule has 0 atom stereocenters. The van der Waals surface area contributed by atoms with Crippen LogP contribution in [0.25, 0.3) is 5.53 Å². The van der Waals surface area contributed by atoms with Crippen LogP contribution < -0.4 is 0 Å². The van der Waals surface area contributed by atoms with Crippen LogP contribution in [0.2, 0.25) is 0 Å². The van der Waals surface area contributed by atoms with Crippen molar-refractivity contribution in [3.05, 3.63) is 5.53 Å². The van der Waals surface area contributed by atoms with E-state index in [2.05, 4.69) is 18.6 Å². The molecule has 0 aromatic carbocycles. The summed E-state index contributed by atoms with van der Waals surface area (Å²) in [7, 11) is -8.15. The fraction of sp³-hybridized carbons (Fsp3) is 0.952. The Morgan fingerprint density at radius 1 is 0.552 bits per heavy atom. The van der Waals surface area contributed by atoms with Gasteiger partial charge < -0.3 is 5.53 Å². The van der Waals surface area contributed by atoms with Crippen LogP contribution in [0.15, 0.2) is 0 Å². The van der Waals surface area contributed by atoms with Gasteiger partial charge in [-0.3, -0.25) is 0 Å². The Bertz CT molecular complexity index is 615. The summed E-state index contributed by atoms with van der Waals surface area (Å²) in [6.45, 7) is 4.32. The fourth-order valence-corrected chi connectivity index (χ4v) is 7.16. The maximum atomic E-state index is 12.3. The van der Waals surface area contributed by atoms with Gasteiger partial charge in [-0.05, 0) is 12.8 Å². The Kier molecular flexibility index (Phi) is 16.6. The number of nitrogens with zero attached hydrogens (tertiary/aromatic N) is 2. The molecule has 0 aliphatic carbocycles. The van der Waals surface area contributed by atoms with Crippen molar-refractivity contribution in [2.75, 3.05) is 11.5 Å². The molecule has 0 aliphatic rings. The third-order valence-electron chi connectivity index (χ3n) is 5.15. The molecular formula is C21H42N2O4S2. The van der Waals surface area contributed by atoms with Crippen LogP contribution in [-0.4, -0.2) is 37.5 Å². The number of sulfone groups is 2. The van der Waals surface area contributed by atoms with Gasteiger partial charge in [-0.1, -0.05) is 104 Å². The average molecular weight is 451 g/mol. The van der Waals surface area contributed by atoms with E-state index in [1.165, 1.54) is 38.5 Å². The molecule has 0 bridgehead atoms. The predicted molar refractivity (Wildman–Crippen MR) is 121 cm³/mol. The lowest BCUT2D eigenvalue weighted by Crippen LogP contribution is -2.30. The molecule has 0 radical (unpaired) electrons. The minimum Gasteiger partial charge on any atom is -0.359 e. The van der Waals surface area contributed by atoms with Crippen LogP contribution in [0.4, 0.5) is 0 Å². The van der Waals surface area contributed by atoms with Gasteiger partial charge in [0.15, 0.2) is 0 Å². The molecule has 0 N–H and O–H groups in total. The van der Waals surface area contributed by atoms with Gasteiger partial charge in [0.05, 0.1) is 11.5 Å². The minimum atomic E-state index is -4.08. The molecule has 0 unspecified atom stereocenters.